The smallest absolute Gasteiger partial charge is 0.326 e. The Balaban J connectivity index is 1.74. The Kier molecular flexibility index (Phi) is 4.66. The van der Waals surface area contributed by atoms with Crippen molar-refractivity contribution >= 4 is 29.5 Å². The summed E-state index contributed by atoms with van der Waals surface area (Å²) in [4.78, 5) is 38.3. The van der Waals surface area contributed by atoms with Gasteiger partial charge in [0.05, 0.1) is 11.1 Å². The average Bonchev–Trinajstić information content (AvgIpc) is 2.84. The minimum atomic E-state index is -1.17. The predicted molar refractivity (Wildman–Crippen MR) is 90.1 cm³/mol. The number of carboxylic acids is 1. The number of rotatable bonds is 6. The fourth-order valence-electron chi connectivity index (χ4n) is 2.66. The van der Waals surface area contributed by atoms with Crippen LogP contribution < -0.4 is 0 Å². The van der Waals surface area contributed by atoms with Crippen molar-refractivity contribution in [1.29, 1.82) is 0 Å². The Bertz CT molecular complexity index is 756. The minimum Gasteiger partial charge on any atom is -0.480 e. The van der Waals surface area contributed by atoms with Gasteiger partial charge in [0, 0.05) is 10.6 Å². The summed E-state index contributed by atoms with van der Waals surface area (Å²) >= 11 is 1.50. The minimum absolute atomic E-state index is 0.195. The van der Waals surface area contributed by atoms with Gasteiger partial charge in [-0.2, -0.15) is 0 Å². The van der Waals surface area contributed by atoms with Crippen LogP contribution in [-0.2, 0) is 4.79 Å². The lowest BCUT2D eigenvalue weighted by Crippen LogP contribution is -2.45. The van der Waals surface area contributed by atoms with E-state index in [2.05, 4.69) is 0 Å². The molecule has 1 aliphatic heterocycles. The van der Waals surface area contributed by atoms with E-state index in [9.17, 15) is 19.5 Å². The Morgan fingerprint density at radius 2 is 1.50 bits per heavy atom. The van der Waals surface area contributed by atoms with Gasteiger partial charge in [0.2, 0.25) is 0 Å². The summed E-state index contributed by atoms with van der Waals surface area (Å²) in [6.45, 7) is 0. The molecule has 1 aliphatic rings. The molecule has 0 unspecified atom stereocenters. The molecule has 2 aromatic carbocycles. The summed E-state index contributed by atoms with van der Waals surface area (Å²) in [5.41, 5.74) is 0.536. The lowest BCUT2D eigenvalue weighted by atomic mass is 10.1. The molecular weight excluding hydrogens is 326 g/mol. The Labute approximate surface area is 143 Å². The van der Waals surface area contributed by atoms with Gasteiger partial charge in [-0.05, 0) is 30.7 Å². The maximum absolute atomic E-state index is 12.4. The van der Waals surface area contributed by atoms with Crippen molar-refractivity contribution in [2.45, 2.75) is 17.4 Å². The third-order valence-corrected chi connectivity index (χ3v) is 4.87. The molecule has 0 aromatic heterocycles. The molecule has 1 heterocycles. The first-order chi connectivity index (χ1) is 11.6. The van der Waals surface area contributed by atoms with E-state index in [0.29, 0.717) is 5.75 Å². The van der Waals surface area contributed by atoms with Crippen molar-refractivity contribution in [3.8, 4) is 0 Å². The predicted octanol–water partition coefficient (Wildman–Crippen LogP) is 2.92. The second-order valence-corrected chi connectivity index (χ2v) is 6.50. The standard InChI is InChI=1S/C18H15NO4S/c20-16-13-8-4-5-9-14(13)17(21)19(16)15(18(22)23)10-11-24-12-6-2-1-3-7-12/h1-9,15H,10-11H2,(H,22,23)/t15-/m1/s1. The fraction of sp³-hybridized carbons (Fsp3) is 0.167. The molecule has 0 bridgehead atoms. The van der Waals surface area contributed by atoms with Crippen LogP contribution in [-0.4, -0.2) is 39.6 Å². The van der Waals surface area contributed by atoms with E-state index in [-0.39, 0.29) is 17.5 Å². The lowest BCUT2D eigenvalue weighted by molar-refractivity contribution is -0.141. The number of nitrogens with zero attached hydrogens (tertiary/aromatic N) is 1. The highest BCUT2D eigenvalue weighted by molar-refractivity contribution is 7.99. The van der Waals surface area contributed by atoms with Crippen LogP contribution in [0.2, 0.25) is 0 Å². The molecule has 0 fully saturated rings. The number of hydrogen-bond acceptors (Lipinski definition) is 4. The molecular formula is C18H15NO4S. The monoisotopic (exact) mass is 341 g/mol. The number of aliphatic carboxylic acids is 1. The van der Waals surface area contributed by atoms with Crippen LogP contribution in [0, 0.1) is 0 Å². The molecule has 0 saturated heterocycles. The van der Waals surface area contributed by atoms with E-state index in [4.69, 9.17) is 0 Å². The van der Waals surface area contributed by atoms with Crippen molar-refractivity contribution in [2.75, 3.05) is 5.75 Å². The van der Waals surface area contributed by atoms with Gasteiger partial charge in [-0.1, -0.05) is 30.3 Å². The van der Waals surface area contributed by atoms with E-state index in [1.165, 1.54) is 11.8 Å². The highest BCUT2D eigenvalue weighted by atomic mass is 32.2. The highest BCUT2D eigenvalue weighted by Crippen LogP contribution is 2.27. The third-order valence-electron chi connectivity index (χ3n) is 3.83. The van der Waals surface area contributed by atoms with E-state index in [0.717, 1.165) is 9.80 Å². The molecule has 1 atom stereocenters. The molecule has 6 heteroatoms. The molecule has 1 N–H and O–H groups in total. The first-order valence-corrected chi connectivity index (χ1v) is 8.45. The maximum atomic E-state index is 12.4. The summed E-state index contributed by atoms with van der Waals surface area (Å²) in [6.07, 6.45) is 0.195. The molecule has 24 heavy (non-hydrogen) atoms. The Hall–Kier alpha value is -2.60. The van der Waals surface area contributed by atoms with Gasteiger partial charge >= 0.3 is 5.97 Å². The second-order valence-electron chi connectivity index (χ2n) is 5.33. The molecule has 0 saturated carbocycles. The van der Waals surface area contributed by atoms with Crippen molar-refractivity contribution in [3.63, 3.8) is 0 Å². The number of fused-ring (bicyclic) bond motifs is 1. The largest absolute Gasteiger partial charge is 0.480 e. The molecule has 5 nitrogen and oxygen atoms in total. The first kappa shape index (κ1) is 16.3. The normalized spacial score (nSPS) is 14.6. The number of hydrogen-bond donors (Lipinski definition) is 1. The molecule has 0 aliphatic carbocycles. The quantitative estimate of drug-likeness (QED) is 0.646. The molecule has 122 valence electrons. The van der Waals surface area contributed by atoms with Crippen LogP contribution in [0.25, 0.3) is 0 Å². The molecule has 3 rings (SSSR count). The summed E-state index contributed by atoms with van der Waals surface area (Å²) in [7, 11) is 0. The number of thioether (sulfide) groups is 1. The second kappa shape index (κ2) is 6.88. The summed E-state index contributed by atoms with van der Waals surface area (Å²) < 4.78 is 0. The first-order valence-electron chi connectivity index (χ1n) is 7.47. The van der Waals surface area contributed by atoms with Crippen LogP contribution in [0.15, 0.2) is 59.5 Å². The number of benzene rings is 2. The van der Waals surface area contributed by atoms with Crippen LogP contribution in [0.3, 0.4) is 0 Å². The van der Waals surface area contributed by atoms with E-state index < -0.39 is 23.8 Å². The van der Waals surface area contributed by atoms with Crippen molar-refractivity contribution < 1.29 is 19.5 Å². The molecule has 0 spiro atoms. The fourth-order valence-corrected chi connectivity index (χ4v) is 3.59. The summed E-state index contributed by atoms with van der Waals surface area (Å²) in [6, 6.07) is 14.8. The van der Waals surface area contributed by atoms with Gasteiger partial charge in [-0.15, -0.1) is 11.8 Å². The van der Waals surface area contributed by atoms with Crippen molar-refractivity contribution in [2.24, 2.45) is 0 Å². The number of amides is 2. The molecule has 0 radical (unpaired) electrons. The van der Waals surface area contributed by atoms with Crippen molar-refractivity contribution in [1.82, 2.24) is 4.90 Å². The van der Waals surface area contributed by atoms with E-state index in [1.807, 2.05) is 30.3 Å². The zero-order chi connectivity index (χ0) is 17.1. The maximum Gasteiger partial charge on any atom is 0.326 e. The third kappa shape index (κ3) is 3.05. The Morgan fingerprint density at radius 1 is 0.958 bits per heavy atom. The highest BCUT2D eigenvalue weighted by Gasteiger charge is 2.42. The average molecular weight is 341 g/mol. The zero-order valence-corrected chi connectivity index (χ0v) is 13.5. The van der Waals surface area contributed by atoms with Gasteiger partial charge in [-0.3, -0.25) is 14.5 Å². The zero-order valence-electron chi connectivity index (χ0n) is 12.7. The topological polar surface area (TPSA) is 74.7 Å². The SMILES string of the molecule is O=C(O)[C@@H](CCSc1ccccc1)N1C(=O)c2ccccc2C1=O. The number of carbonyl (C=O) groups excluding carboxylic acids is 2. The lowest BCUT2D eigenvalue weighted by Gasteiger charge is -2.22. The van der Waals surface area contributed by atoms with Crippen LogP contribution in [0.4, 0.5) is 0 Å². The summed E-state index contributed by atoms with van der Waals surface area (Å²) in [5, 5.41) is 9.49. The summed E-state index contributed by atoms with van der Waals surface area (Å²) in [5.74, 6) is -1.74. The number of imide groups is 1. The van der Waals surface area contributed by atoms with Crippen molar-refractivity contribution in [3.05, 3.63) is 65.7 Å². The van der Waals surface area contributed by atoms with Gasteiger partial charge in [0.15, 0.2) is 0 Å². The van der Waals surface area contributed by atoms with Crippen LogP contribution >= 0.6 is 11.8 Å². The van der Waals surface area contributed by atoms with Crippen LogP contribution in [0.1, 0.15) is 27.1 Å². The van der Waals surface area contributed by atoms with Gasteiger partial charge < -0.3 is 5.11 Å². The van der Waals surface area contributed by atoms with E-state index in [1.54, 1.807) is 24.3 Å². The van der Waals surface area contributed by atoms with E-state index >= 15 is 0 Å². The van der Waals surface area contributed by atoms with Gasteiger partial charge in [0.25, 0.3) is 11.8 Å². The van der Waals surface area contributed by atoms with Crippen LogP contribution in [0.5, 0.6) is 0 Å². The number of carboxylic acid groups (broad SMARTS) is 1. The molecule has 2 amide bonds. The number of carbonyl (C=O) groups is 3. The van der Waals surface area contributed by atoms with Gasteiger partial charge in [0.1, 0.15) is 6.04 Å². The molecule has 2 aromatic rings. The Morgan fingerprint density at radius 3 is 2.04 bits per heavy atom. The van der Waals surface area contributed by atoms with Gasteiger partial charge in [-0.25, -0.2) is 4.79 Å².